The minimum Gasteiger partial charge on any atom is -0.475 e. The number of aromatic nitrogens is 4. The fourth-order valence-corrected chi connectivity index (χ4v) is 3.98. The van der Waals surface area contributed by atoms with E-state index >= 15 is 0 Å². The molecule has 0 aromatic carbocycles. The van der Waals surface area contributed by atoms with E-state index in [-0.39, 0.29) is 22.9 Å². The van der Waals surface area contributed by atoms with Crippen LogP contribution < -0.4 is 20.9 Å². The number of aliphatic carboxylic acids is 1. The van der Waals surface area contributed by atoms with Gasteiger partial charge in [0.05, 0.1) is 12.4 Å². The first kappa shape index (κ1) is 31.1. The Morgan fingerprint density at radius 1 is 1.24 bits per heavy atom. The topological polar surface area (TPSA) is 258 Å². The Morgan fingerprint density at radius 2 is 1.84 bits per heavy atom. The summed E-state index contributed by atoms with van der Waals surface area (Å²) in [5.41, 5.74) is 12.0. The molecule has 1 fully saturated rings. The second-order valence-corrected chi connectivity index (χ2v) is 9.66. The van der Waals surface area contributed by atoms with Gasteiger partial charge in [0, 0.05) is 6.54 Å². The minimum atomic E-state index is -5.08. The van der Waals surface area contributed by atoms with E-state index in [0.29, 0.717) is 6.42 Å². The highest BCUT2D eigenvalue weighted by atomic mass is 32.2. The van der Waals surface area contributed by atoms with Crippen LogP contribution in [0.3, 0.4) is 0 Å². The number of carbonyl (C=O) groups excluding carboxylic acids is 1. The van der Waals surface area contributed by atoms with Crippen molar-refractivity contribution in [1.29, 1.82) is 0 Å². The second-order valence-electron chi connectivity index (χ2n) is 8.16. The summed E-state index contributed by atoms with van der Waals surface area (Å²) in [6.07, 6.45) is -7.00. The molecule has 1 amide bonds. The van der Waals surface area contributed by atoms with E-state index in [1.807, 2.05) is 11.6 Å². The fourth-order valence-electron chi connectivity index (χ4n) is 3.12. The number of hydrogen-bond donors (Lipinski definition) is 7. The molecule has 6 atom stereocenters. The molecular weight excluding hydrogens is 545 g/mol. The number of alkyl halides is 3. The summed E-state index contributed by atoms with van der Waals surface area (Å²) < 4.78 is 67.1. The SMILES string of the molecule is CC[C@H](C)[C@H](N)C(=O)NS(=O)(=O)NC[C@H]1O[C@@H](n2cnc3c(N)ncnc32)[C@H](O)[C@@H]1O.O=C(O)C(F)(F)F. The Balaban J connectivity index is 0.000000638. The number of aliphatic hydroxyl groups excluding tert-OH is 2. The second kappa shape index (κ2) is 12.1. The Hall–Kier alpha value is -3.17. The van der Waals surface area contributed by atoms with Crippen LogP contribution in [0.25, 0.3) is 11.2 Å². The average Bonchev–Trinajstić information content (AvgIpc) is 3.38. The van der Waals surface area contributed by atoms with Crippen LogP contribution in [0.15, 0.2) is 12.7 Å². The number of nitrogens with one attached hydrogen (secondary N) is 2. The Kier molecular flexibility index (Phi) is 9.91. The Morgan fingerprint density at radius 3 is 2.39 bits per heavy atom. The van der Waals surface area contributed by atoms with E-state index in [2.05, 4.69) is 19.7 Å². The highest BCUT2D eigenvalue weighted by Crippen LogP contribution is 2.31. The predicted molar refractivity (Wildman–Crippen MR) is 122 cm³/mol. The summed E-state index contributed by atoms with van der Waals surface area (Å²) in [6, 6.07) is -0.995. The van der Waals surface area contributed by atoms with Gasteiger partial charge in [-0.25, -0.2) is 24.5 Å². The zero-order valence-corrected chi connectivity index (χ0v) is 20.7. The predicted octanol–water partition coefficient (Wildman–Crippen LogP) is -2.01. The molecule has 16 nitrogen and oxygen atoms in total. The minimum absolute atomic E-state index is 0.132. The molecule has 0 aliphatic carbocycles. The number of hydrogen-bond acceptors (Lipinski definition) is 12. The molecule has 0 saturated carbocycles. The average molecular weight is 573 g/mol. The van der Waals surface area contributed by atoms with Gasteiger partial charge in [0.15, 0.2) is 17.7 Å². The van der Waals surface area contributed by atoms with Gasteiger partial charge in [0.2, 0.25) is 0 Å². The Bertz CT molecular complexity index is 1240. The fraction of sp³-hybridized carbons (Fsp3) is 0.611. The largest absolute Gasteiger partial charge is 0.490 e. The quantitative estimate of drug-likeness (QED) is 0.180. The summed E-state index contributed by atoms with van der Waals surface area (Å²) in [7, 11) is -4.27. The third-order valence-electron chi connectivity index (χ3n) is 5.51. The van der Waals surface area contributed by atoms with E-state index in [1.165, 1.54) is 17.2 Å². The van der Waals surface area contributed by atoms with Gasteiger partial charge in [0.25, 0.3) is 5.91 Å². The Labute approximate surface area is 213 Å². The normalized spacial score (nSPS) is 23.4. The van der Waals surface area contributed by atoms with Crippen molar-refractivity contribution >= 4 is 39.1 Å². The number of amides is 1. The van der Waals surface area contributed by atoms with E-state index in [1.54, 1.807) is 6.92 Å². The molecule has 0 bridgehead atoms. The number of ether oxygens (including phenoxy) is 1. The van der Waals surface area contributed by atoms with Gasteiger partial charge in [-0.1, -0.05) is 20.3 Å². The monoisotopic (exact) mass is 572 g/mol. The molecular formula is C18H27F3N8O8S. The molecule has 1 aliphatic rings. The zero-order valence-electron chi connectivity index (χ0n) is 19.9. The molecule has 9 N–H and O–H groups in total. The molecule has 3 rings (SSSR count). The summed E-state index contributed by atoms with van der Waals surface area (Å²) in [4.78, 5) is 32.9. The molecule has 0 spiro atoms. The lowest BCUT2D eigenvalue weighted by Crippen LogP contribution is -2.51. The van der Waals surface area contributed by atoms with Gasteiger partial charge in [-0.05, 0) is 5.92 Å². The number of imidazole rings is 1. The lowest BCUT2D eigenvalue weighted by Gasteiger charge is -2.19. The van der Waals surface area contributed by atoms with Crippen molar-refractivity contribution in [1.82, 2.24) is 29.0 Å². The molecule has 3 heterocycles. The first-order valence-corrected chi connectivity index (χ1v) is 12.3. The van der Waals surface area contributed by atoms with Crippen LogP contribution in [-0.2, 0) is 24.5 Å². The number of carboxylic acid groups (broad SMARTS) is 1. The first-order valence-electron chi connectivity index (χ1n) is 10.8. The van der Waals surface area contributed by atoms with Gasteiger partial charge >= 0.3 is 22.4 Å². The summed E-state index contributed by atoms with van der Waals surface area (Å²) in [5, 5.41) is 27.8. The van der Waals surface area contributed by atoms with Gasteiger partial charge < -0.3 is 31.5 Å². The zero-order chi connectivity index (χ0) is 29.0. The van der Waals surface area contributed by atoms with E-state index in [0.717, 1.165) is 0 Å². The smallest absolute Gasteiger partial charge is 0.475 e. The van der Waals surface area contributed by atoms with Gasteiger partial charge in [-0.2, -0.15) is 26.3 Å². The number of halogens is 3. The first-order chi connectivity index (χ1) is 17.5. The molecule has 214 valence electrons. The van der Waals surface area contributed by atoms with Crippen LogP contribution in [0.1, 0.15) is 26.5 Å². The third-order valence-corrected chi connectivity index (χ3v) is 6.53. The van der Waals surface area contributed by atoms with Crippen molar-refractivity contribution in [3.63, 3.8) is 0 Å². The molecule has 1 aliphatic heterocycles. The number of nitrogens with two attached hydrogens (primary N) is 2. The standard InChI is InChI=1S/C16H26N8O6S.C2HF3O2/c1-3-7(2)9(17)15(27)23-31(28,29)22-4-8-11(25)12(26)16(30-8)24-6-21-10-13(18)19-5-20-14(10)24;3-2(4,5)1(6)7/h5-9,11-12,16,22,25-26H,3-4,17H2,1-2H3,(H,23,27)(H2,18,19,20);(H,6,7)/t7-,8+,9-,11+,12+,16+;/m0./s1. The number of carbonyl (C=O) groups is 2. The maximum Gasteiger partial charge on any atom is 0.490 e. The number of nitrogens with zero attached hydrogens (tertiary/aromatic N) is 4. The molecule has 1 saturated heterocycles. The maximum absolute atomic E-state index is 12.2. The molecule has 2 aromatic heterocycles. The number of nitrogen functional groups attached to an aromatic ring is 1. The lowest BCUT2D eigenvalue weighted by atomic mass is 10.00. The molecule has 2 aromatic rings. The highest BCUT2D eigenvalue weighted by Gasteiger charge is 2.44. The summed E-state index contributed by atoms with van der Waals surface area (Å²) >= 11 is 0. The van der Waals surface area contributed by atoms with Gasteiger partial charge in [0.1, 0.15) is 30.2 Å². The molecule has 0 unspecified atom stereocenters. The van der Waals surface area contributed by atoms with Crippen molar-refractivity contribution < 1.29 is 51.2 Å². The number of anilines is 1. The van der Waals surface area contributed by atoms with Crippen LogP contribution in [0.4, 0.5) is 19.0 Å². The van der Waals surface area contributed by atoms with Crippen LogP contribution >= 0.6 is 0 Å². The van der Waals surface area contributed by atoms with Crippen LogP contribution in [0.2, 0.25) is 0 Å². The van der Waals surface area contributed by atoms with Gasteiger partial charge in [-0.15, -0.1) is 0 Å². The van der Waals surface area contributed by atoms with Crippen molar-refractivity contribution in [3.8, 4) is 0 Å². The summed E-state index contributed by atoms with van der Waals surface area (Å²) in [6.45, 7) is 3.14. The highest BCUT2D eigenvalue weighted by molar-refractivity contribution is 7.88. The molecule has 38 heavy (non-hydrogen) atoms. The van der Waals surface area contributed by atoms with Crippen LogP contribution in [0, 0.1) is 5.92 Å². The summed E-state index contributed by atoms with van der Waals surface area (Å²) in [5.74, 6) is -3.69. The van der Waals surface area contributed by atoms with Crippen molar-refractivity contribution in [3.05, 3.63) is 12.7 Å². The van der Waals surface area contributed by atoms with Crippen molar-refractivity contribution in [2.45, 2.75) is 57.0 Å². The van der Waals surface area contributed by atoms with E-state index in [9.17, 15) is 36.6 Å². The number of aliphatic hydroxyl groups is 2. The third kappa shape index (κ3) is 7.45. The van der Waals surface area contributed by atoms with Crippen molar-refractivity contribution in [2.75, 3.05) is 12.3 Å². The number of fused-ring (bicyclic) bond motifs is 1. The van der Waals surface area contributed by atoms with Crippen LogP contribution in [-0.4, -0.2) is 92.2 Å². The van der Waals surface area contributed by atoms with Crippen LogP contribution in [0.5, 0.6) is 0 Å². The van der Waals surface area contributed by atoms with Gasteiger partial charge in [-0.3, -0.25) is 9.36 Å². The number of carboxylic acids is 1. The molecule has 20 heteroatoms. The van der Waals surface area contributed by atoms with Crippen molar-refractivity contribution in [2.24, 2.45) is 11.7 Å². The number of rotatable bonds is 8. The molecule has 0 radical (unpaired) electrons. The van der Waals surface area contributed by atoms with E-state index < -0.39 is 65.4 Å². The lowest BCUT2D eigenvalue weighted by molar-refractivity contribution is -0.192. The van der Waals surface area contributed by atoms with E-state index in [4.69, 9.17) is 26.1 Å². The maximum atomic E-state index is 12.2.